The molecule has 0 heterocycles. The van der Waals surface area contributed by atoms with Gasteiger partial charge in [-0.25, -0.2) is 0 Å². The van der Waals surface area contributed by atoms with Crippen molar-refractivity contribution >= 4 is 11.6 Å². The van der Waals surface area contributed by atoms with Crippen LogP contribution in [0.1, 0.15) is 85.0 Å². The third-order valence-corrected chi connectivity index (χ3v) is 4.74. The summed E-state index contributed by atoms with van der Waals surface area (Å²) in [5, 5.41) is 0. The molecule has 0 saturated heterocycles. The van der Waals surface area contributed by atoms with E-state index in [1.165, 1.54) is 94.9 Å². The van der Waals surface area contributed by atoms with Gasteiger partial charge in [0.05, 0.1) is 26.2 Å². The number of hydrogen-bond acceptors (Lipinski definition) is 0. The van der Waals surface area contributed by atoms with Gasteiger partial charge in [-0.15, -0.1) is 11.6 Å². The fraction of sp³-hybridized carbons (Fsp3) is 1.00. The summed E-state index contributed by atoms with van der Waals surface area (Å²) in [6.07, 6.45) is 13.5. The van der Waals surface area contributed by atoms with Gasteiger partial charge in [-0.1, -0.05) is 46.5 Å². The lowest BCUT2D eigenvalue weighted by atomic mass is 10.1. The van der Waals surface area contributed by atoms with Crippen molar-refractivity contribution in [1.82, 2.24) is 0 Å². The van der Waals surface area contributed by atoms with Crippen LogP contribution in [-0.4, -0.2) is 36.5 Å². The van der Waals surface area contributed by atoms with Gasteiger partial charge in [-0.05, 0) is 38.5 Å². The van der Waals surface area contributed by atoms with Gasteiger partial charge in [-0.3, -0.25) is 0 Å². The van der Waals surface area contributed by atoms with E-state index in [0.29, 0.717) is 0 Å². The summed E-state index contributed by atoms with van der Waals surface area (Å²) in [5.74, 6) is 0.831. The monoisotopic (exact) mass is 431 g/mol. The summed E-state index contributed by atoms with van der Waals surface area (Å²) >= 11 is 5.88. The molecule has 1 nitrogen and oxygen atoms in total. The molecule has 0 aromatic rings. The van der Waals surface area contributed by atoms with Gasteiger partial charge in [0.1, 0.15) is 0 Å². The molecule has 0 N–H and O–H groups in total. The molecule has 0 rings (SSSR count). The molecule has 0 atom stereocenters. The summed E-state index contributed by atoms with van der Waals surface area (Å²) in [4.78, 5) is 0. The fourth-order valence-electron chi connectivity index (χ4n) is 3.07. The van der Waals surface area contributed by atoms with Crippen LogP contribution in [0.25, 0.3) is 0 Å². The molecule has 3 heteroatoms. The molecule has 0 amide bonds. The highest BCUT2D eigenvalue weighted by molar-refractivity contribution is 6.17. The molecule has 0 aromatic heterocycles. The van der Waals surface area contributed by atoms with Crippen LogP contribution < -0.4 is 24.0 Å². The highest BCUT2D eigenvalue weighted by atomic mass is 127. The third-order valence-electron chi connectivity index (χ3n) is 4.47. The second-order valence-electron chi connectivity index (χ2n) is 6.40. The highest BCUT2D eigenvalue weighted by Crippen LogP contribution is 2.17. The largest absolute Gasteiger partial charge is 1.00 e. The summed E-state index contributed by atoms with van der Waals surface area (Å²) < 4.78 is 1.38. The van der Waals surface area contributed by atoms with Crippen molar-refractivity contribution in [1.29, 1.82) is 0 Å². The Labute approximate surface area is 156 Å². The van der Waals surface area contributed by atoms with Crippen molar-refractivity contribution in [3.8, 4) is 0 Å². The molecule has 21 heavy (non-hydrogen) atoms. The van der Waals surface area contributed by atoms with Crippen LogP contribution in [0.2, 0.25) is 0 Å². The van der Waals surface area contributed by atoms with E-state index in [1.807, 2.05) is 0 Å². The average molecular weight is 432 g/mol. The zero-order valence-corrected chi connectivity index (χ0v) is 17.7. The van der Waals surface area contributed by atoms with Crippen LogP contribution in [0.15, 0.2) is 0 Å². The number of rotatable bonds is 15. The maximum absolute atomic E-state index is 5.88. The molecule has 0 radical (unpaired) electrons. The second kappa shape index (κ2) is 17.3. The average Bonchev–Trinajstić information content (AvgIpc) is 2.47. The maximum atomic E-state index is 5.88. The SMILES string of the molecule is CCCCCC[N+](CCCC)(CCCC)CCCCCl.[I-]. The standard InChI is InChI=1S/C18H39ClN.HI/c1-4-7-10-12-17-20(15-8-5-2,16-9-6-3)18-13-11-14-19;/h4-18H2,1-3H3;1H/q+1;/p-1. The van der Waals surface area contributed by atoms with E-state index in [2.05, 4.69) is 20.8 Å². The molecular weight excluding hydrogens is 393 g/mol. The minimum Gasteiger partial charge on any atom is -1.00 e. The van der Waals surface area contributed by atoms with Gasteiger partial charge in [0.2, 0.25) is 0 Å². The number of unbranched alkanes of at least 4 members (excludes halogenated alkanes) is 6. The third kappa shape index (κ3) is 13.1. The lowest BCUT2D eigenvalue weighted by Crippen LogP contribution is -3.00. The van der Waals surface area contributed by atoms with E-state index in [0.717, 1.165) is 5.88 Å². The number of alkyl halides is 1. The zero-order chi connectivity index (χ0) is 15.1. The van der Waals surface area contributed by atoms with Gasteiger partial charge in [0.25, 0.3) is 0 Å². The van der Waals surface area contributed by atoms with Crippen LogP contribution in [0, 0.1) is 0 Å². The first kappa shape index (κ1) is 24.2. The Bertz CT molecular complexity index is 192. The van der Waals surface area contributed by atoms with E-state index in [-0.39, 0.29) is 24.0 Å². The first-order chi connectivity index (χ1) is 9.74. The Hall–Kier alpha value is 0.980. The number of nitrogens with zero attached hydrogens (tertiary/aromatic N) is 1. The van der Waals surface area contributed by atoms with Gasteiger partial charge in [-0.2, -0.15) is 0 Å². The Morgan fingerprint density at radius 1 is 0.571 bits per heavy atom. The lowest BCUT2D eigenvalue weighted by molar-refractivity contribution is -0.929. The Morgan fingerprint density at radius 2 is 1.00 bits per heavy atom. The molecule has 0 unspecified atom stereocenters. The summed E-state index contributed by atoms with van der Waals surface area (Å²) in [7, 11) is 0. The van der Waals surface area contributed by atoms with Crippen molar-refractivity contribution in [2.45, 2.75) is 85.0 Å². The van der Waals surface area contributed by atoms with Crippen molar-refractivity contribution in [3.63, 3.8) is 0 Å². The van der Waals surface area contributed by atoms with Gasteiger partial charge < -0.3 is 28.5 Å². The normalized spacial score (nSPS) is 11.4. The Morgan fingerprint density at radius 3 is 1.43 bits per heavy atom. The second-order valence-corrected chi connectivity index (χ2v) is 6.78. The molecule has 0 bridgehead atoms. The smallest absolute Gasteiger partial charge is 0.0787 e. The van der Waals surface area contributed by atoms with E-state index >= 15 is 0 Å². The van der Waals surface area contributed by atoms with E-state index in [9.17, 15) is 0 Å². The highest BCUT2D eigenvalue weighted by Gasteiger charge is 2.25. The van der Waals surface area contributed by atoms with Crippen LogP contribution in [0.4, 0.5) is 0 Å². The summed E-state index contributed by atoms with van der Waals surface area (Å²) in [6.45, 7) is 12.5. The van der Waals surface area contributed by atoms with Crippen molar-refractivity contribution < 1.29 is 28.5 Å². The summed E-state index contributed by atoms with van der Waals surface area (Å²) in [5.41, 5.74) is 0. The minimum absolute atomic E-state index is 0. The number of hydrogen-bond donors (Lipinski definition) is 0. The van der Waals surface area contributed by atoms with E-state index in [1.54, 1.807) is 0 Å². The molecule has 130 valence electrons. The van der Waals surface area contributed by atoms with Crippen LogP contribution in [-0.2, 0) is 0 Å². The van der Waals surface area contributed by atoms with Gasteiger partial charge in [0, 0.05) is 5.88 Å². The first-order valence-electron chi connectivity index (χ1n) is 9.15. The van der Waals surface area contributed by atoms with Crippen molar-refractivity contribution in [2.75, 3.05) is 32.1 Å². The molecule has 0 aliphatic heterocycles. The van der Waals surface area contributed by atoms with Gasteiger partial charge >= 0.3 is 0 Å². The van der Waals surface area contributed by atoms with Crippen LogP contribution in [0.3, 0.4) is 0 Å². The lowest BCUT2D eigenvalue weighted by Gasteiger charge is -2.39. The summed E-state index contributed by atoms with van der Waals surface area (Å²) in [6, 6.07) is 0. The molecule has 0 aliphatic rings. The van der Waals surface area contributed by atoms with Crippen LogP contribution >= 0.6 is 11.6 Å². The van der Waals surface area contributed by atoms with E-state index < -0.39 is 0 Å². The van der Waals surface area contributed by atoms with Crippen molar-refractivity contribution in [3.05, 3.63) is 0 Å². The predicted octanol–water partition coefficient (Wildman–Crippen LogP) is 3.01. The predicted molar refractivity (Wildman–Crippen MR) is 93.6 cm³/mol. The molecule has 0 spiro atoms. The molecule has 0 aliphatic carbocycles. The fourth-order valence-corrected chi connectivity index (χ4v) is 3.26. The topological polar surface area (TPSA) is 0 Å². The van der Waals surface area contributed by atoms with Crippen molar-refractivity contribution in [2.24, 2.45) is 0 Å². The molecule has 0 fully saturated rings. The minimum atomic E-state index is 0. The quantitative estimate of drug-likeness (QED) is 0.162. The Balaban J connectivity index is 0. The zero-order valence-electron chi connectivity index (χ0n) is 14.8. The molecular formula is C18H39ClIN. The number of halogens is 2. The van der Waals surface area contributed by atoms with Gasteiger partial charge in [0.15, 0.2) is 0 Å². The van der Waals surface area contributed by atoms with Crippen LogP contribution in [0.5, 0.6) is 0 Å². The molecule has 0 aromatic carbocycles. The number of quaternary nitrogens is 1. The Kier molecular flexibility index (Phi) is 20.0. The van der Waals surface area contributed by atoms with E-state index in [4.69, 9.17) is 11.6 Å². The maximum Gasteiger partial charge on any atom is 0.0787 e. The first-order valence-corrected chi connectivity index (χ1v) is 9.69. The molecule has 0 saturated carbocycles.